The summed E-state index contributed by atoms with van der Waals surface area (Å²) in [5.41, 5.74) is 1.90. The molecule has 2 aromatic carbocycles. The Kier molecular flexibility index (Phi) is 6.23. The summed E-state index contributed by atoms with van der Waals surface area (Å²) in [6.45, 7) is 1.53. The molecule has 1 aliphatic heterocycles. The van der Waals surface area contributed by atoms with Crippen LogP contribution in [0.1, 0.15) is 18.4 Å². The number of pyridine rings is 1. The van der Waals surface area contributed by atoms with E-state index in [4.69, 9.17) is 4.74 Å². The highest BCUT2D eigenvalue weighted by Gasteiger charge is 2.26. The second-order valence-corrected chi connectivity index (χ2v) is 7.51. The predicted octanol–water partition coefficient (Wildman–Crippen LogP) is 5.50. The van der Waals surface area contributed by atoms with E-state index in [0.29, 0.717) is 17.4 Å². The molecular formula is C24H24FN3O2. The van der Waals surface area contributed by atoms with Crippen LogP contribution in [0.15, 0.2) is 73.1 Å². The zero-order chi connectivity index (χ0) is 20.8. The maximum Gasteiger partial charge on any atom is 0.321 e. The zero-order valence-corrected chi connectivity index (χ0v) is 16.6. The van der Waals surface area contributed by atoms with Crippen molar-refractivity contribution < 1.29 is 13.9 Å². The van der Waals surface area contributed by atoms with Gasteiger partial charge in [-0.05, 0) is 79.3 Å². The third-order valence-electron chi connectivity index (χ3n) is 5.27. The molecular weight excluding hydrogens is 381 g/mol. The average Bonchev–Trinajstić information content (AvgIpc) is 3.24. The molecule has 6 heteroatoms. The van der Waals surface area contributed by atoms with E-state index in [1.165, 1.54) is 17.7 Å². The van der Waals surface area contributed by atoms with Crippen LogP contribution in [-0.2, 0) is 6.42 Å². The maximum atomic E-state index is 13.0. The Labute approximate surface area is 175 Å². The maximum absolute atomic E-state index is 13.0. The molecule has 0 aliphatic carbocycles. The average molecular weight is 405 g/mol. The van der Waals surface area contributed by atoms with Crippen LogP contribution in [0, 0.1) is 11.7 Å². The van der Waals surface area contributed by atoms with Gasteiger partial charge in [0.2, 0.25) is 0 Å². The second kappa shape index (κ2) is 9.39. The van der Waals surface area contributed by atoms with Crippen molar-refractivity contribution in [1.29, 1.82) is 0 Å². The van der Waals surface area contributed by atoms with Crippen LogP contribution in [0.2, 0.25) is 0 Å². The summed E-state index contributed by atoms with van der Waals surface area (Å²) >= 11 is 0. The molecule has 5 nitrogen and oxygen atoms in total. The van der Waals surface area contributed by atoms with Crippen molar-refractivity contribution in [3.63, 3.8) is 0 Å². The first-order valence-electron chi connectivity index (χ1n) is 10.1. The highest BCUT2D eigenvalue weighted by molar-refractivity contribution is 5.89. The first-order chi connectivity index (χ1) is 14.7. The van der Waals surface area contributed by atoms with Crippen LogP contribution >= 0.6 is 0 Å². The third kappa shape index (κ3) is 5.35. The van der Waals surface area contributed by atoms with Gasteiger partial charge in [-0.15, -0.1) is 0 Å². The lowest BCUT2D eigenvalue weighted by molar-refractivity contribution is 0.220. The molecule has 3 aromatic rings. The molecule has 2 amide bonds. The second-order valence-electron chi connectivity index (χ2n) is 7.51. The molecule has 154 valence electrons. The van der Waals surface area contributed by atoms with E-state index in [0.717, 1.165) is 38.1 Å². The number of carbonyl (C=O) groups is 1. The van der Waals surface area contributed by atoms with E-state index < -0.39 is 0 Å². The summed E-state index contributed by atoms with van der Waals surface area (Å²) in [6, 6.07) is 17.5. The fourth-order valence-electron chi connectivity index (χ4n) is 3.67. The molecule has 2 heterocycles. The Morgan fingerprint density at radius 3 is 2.80 bits per heavy atom. The van der Waals surface area contributed by atoms with Crippen molar-refractivity contribution in [3.8, 4) is 11.5 Å². The zero-order valence-electron chi connectivity index (χ0n) is 16.6. The number of benzene rings is 2. The standard InChI is InChI=1S/C24H24FN3O2/c25-20-8-10-22(11-9-20)30-23-5-1-3-18(15-23)6-7-19-12-14-28(17-19)24(29)27-21-4-2-13-26-16-21/h1-5,8-11,13,15-16,19H,6-7,12,14,17H2,(H,27,29). The quantitative estimate of drug-likeness (QED) is 0.589. The van der Waals surface area contributed by atoms with Crippen molar-refractivity contribution in [2.24, 2.45) is 5.92 Å². The van der Waals surface area contributed by atoms with Crippen molar-refractivity contribution in [2.75, 3.05) is 18.4 Å². The van der Waals surface area contributed by atoms with Gasteiger partial charge in [-0.3, -0.25) is 4.98 Å². The molecule has 4 rings (SSSR count). The first kappa shape index (κ1) is 19.9. The SMILES string of the molecule is O=C(Nc1cccnc1)N1CCC(CCc2cccc(Oc3ccc(F)cc3)c2)C1. The molecule has 1 unspecified atom stereocenters. The lowest BCUT2D eigenvalue weighted by Gasteiger charge is -2.17. The minimum atomic E-state index is -0.282. The topological polar surface area (TPSA) is 54.5 Å². The first-order valence-corrected chi connectivity index (χ1v) is 10.1. The van der Waals surface area contributed by atoms with Gasteiger partial charge in [-0.2, -0.15) is 0 Å². The number of aryl methyl sites for hydroxylation is 1. The Bertz CT molecular complexity index is 979. The number of rotatable bonds is 6. The number of amides is 2. The number of likely N-dealkylation sites (tertiary alicyclic amines) is 1. The number of anilines is 1. The Morgan fingerprint density at radius 1 is 1.13 bits per heavy atom. The lowest BCUT2D eigenvalue weighted by Crippen LogP contribution is -2.33. The van der Waals surface area contributed by atoms with Gasteiger partial charge >= 0.3 is 6.03 Å². The fourth-order valence-corrected chi connectivity index (χ4v) is 3.67. The molecule has 0 saturated carbocycles. The largest absolute Gasteiger partial charge is 0.457 e. The molecule has 30 heavy (non-hydrogen) atoms. The summed E-state index contributed by atoms with van der Waals surface area (Å²) in [6.07, 6.45) is 6.26. The molecule has 1 atom stereocenters. The number of aromatic nitrogens is 1. The van der Waals surface area contributed by atoms with Crippen molar-refractivity contribution in [3.05, 3.63) is 84.4 Å². The van der Waals surface area contributed by atoms with E-state index >= 15 is 0 Å². The van der Waals surface area contributed by atoms with Gasteiger partial charge in [-0.25, -0.2) is 9.18 Å². The molecule has 0 bridgehead atoms. The summed E-state index contributed by atoms with van der Waals surface area (Å²) in [5, 5.41) is 2.90. The summed E-state index contributed by atoms with van der Waals surface area (Å²) in [4.78, 5) is 18.3. The third-order valence-corrected chi connectivity index (χ3v) is 5.27. The number of urea groups is 1. The number of hydrogen-bond acceptors (Lipinski definition) is 3. The van der Waals surface area contributed by atoms with Gasteiger partial charge in [-0.1, -0.05) is 12.1 Å². The Balaban J connectivity index is 1.27. The van der Waals surface area contributed by atoms with E-state index in [2.05, 4.69) is 16.4 Å². The minimum absolute atomic E-state index is 0.0693. The van der Waals surface area contributed by atoms with Gasteiger partial charge in [0, 0.05) is 19.3 Å². The van der Waals surface area contributed by atoms with Crippen LogP contribution in [0.4, 0.5) is 14.9 Å². The van der Waals surface area contributed by atoms with Gasteiger partial charge in [0.15, 0.2) is 0 Å². The van der Waals surface area contributed by atoms with E-state index in [1.54, 1.807) is 30.6 Å². The van der Waals surface area contributed by atoms with E-state index in [-0.39, 0.29) is 11.8 Å². The van der Waals surface area contributed by atoms with Crippen molar-refractivity contribution in [2.45, 2.75) is 19.3 Å². The monoisotopic (exact) mass is 405 g/mol. The number of hydrogen-bond donors (Lipinski definition) is 1. The predicted molar refractivity (Wildman–Crippen MR) is 114 cm³/mol. The lowest BCUT2D eigenvalue weighted by atomic mass is 9.99. The smallest absolute Gasteiger partial charge is 0.321 e. The van der Waals surface area contributed by atoms with Crippen LogP contribution in [0.5, 0.6) is 11.5 Å². The number of halogens is 1. The molecule has 1 saturated heterocycles. The van der Waals surface area contributed by atoms with Gasteiger partial charge in [0.05, 0.1) is 11.9 Å². The fraction of sp³-hybridized carbons (Fsp3) is 0.250. The minimum Gasteiger partial charge on any atom is -0.457 e. The Hall–Kier alpha value is -3.41. The molecule has 0 spiro atoms. The van der Waals surface area contributed by atoms with Crippen molar-refractivity contribution in [1.82, 2.24) is 9.88 Å². The molecule has 1 aromatic heterocycles. The molecule has 1 aliphatic rings. The highest BCUT2D eigenvalue weighted by atomic mass is 19.1. The van der Waals surface area contributed by atoms with Crippen LogP contribution in [0.25, 0.3) is 0 Å². The number of ether oxygens (including phenoxy) is 1. The molecule has 0 radical (unpaired) electrons. The molecule has 1 N–H and O–H groups in total. The van der Waals surface area contributed by atoms with Gasteiger partial charge in [0.1, 0.15) is 17.3 Å². The van der Waals surface area contributed by atoms with Gasteiger partial charge < -0.3 is 15.0 Å². The number of carbonyl (C=O) groups excluding carboxylic acids is 1. The summed E-state index contributed by atoms with van der Waals surface area (Å²) in [7, 11) is 0. The van der Waals surface area contributed by atoms with Crippen LogP contribution in [-0.4, -0.2) is 29.0 Å². The number of nitrogens with zero attached hydrogens (tertiary/aromatic N) is 2. The van der Waals surface area contributed by atoms with Crippen molar-refractivity contribution >= 4 is 11.7 Å². The molecule has 1 fully saturated rings. The highest BCUT2D eigenvalue weighted by Crippen LogP contribution is 2.26. The normalized spacial score (nSPS) is 15.8. The van der Waals surface area contributed by atoms with E-state index in [1.807, 2.05) is 29.2 Å². The van der Waals surface area contributed by atoms with Crippen LogP contribution in [0.3, 0.4) is 0 Å². The number of nitrogens with one attached hydrogen (secondary N) is 1. The summed E-state index contributed by atoms with van der Waals surface area (Å²) < 4.78 is 18.9. The van der Waals surface area contributed by atoms with E-state index in [9.17, 15) is 9.18 Å². The Morgan fingerprint density at radius 2 is 2.00 bits per heavy atom. The summed E-state index contributed by atoms with van der Waals surface area (Å²) in [5.74, 6) is 1.55. The van der Waals surface area contributed by atoms with Gasteiger partial charge in [0.25, 0.3) is 0 Å². The van der Waals surface area contributed by atoms with Crippen LogP contribution < -0.4 is 10.1 Å².